The van der Waals surface area contributed by atoms with E-state index >= 15 is 0 Å². The van der Waals surface area contributed by atoms with Crippen LogP contribution in [0.2, 0.25) is 0 Å². The van der Waals surface area contributed by atoms with Crippen molar-refractivity contribution in [3.05, 3.63) is 60.9 Å². The second-order valence-corrected chi connectivity index (χ2v) is 3.09. The summed E-state index contributed by atoms with van der Waals surface area (Å²) in [5.41, 5.74) is 1.41. The van der Waals surface area contributed by atoms with Crippen LogP contribution in [-0.4, -0.2) is 5.78 Å². The lowest BCUT2D eigenvalue weighted by Gasteiger charge is -2.02. The monoisotopic (exact) mass is 198 g/mol. The lowest BCUT2D eigenvalue weighted by atomic mass is 10.0. The second-order valence-electron chi connectivity index (χ2n) is 3.09. The van der Waals surface area contributed by atoms with Gasteiger partial charge in [0.15, 0.2) is 5.78 Å². The first kappa shape index (κ1) is 9.46. The molecule has 1 aromatic heterocycles. The predicted octanol–water partition coefficient (Wildman–Crippen LogP) is 3.32. The van der Waals surface area contributed by atoms with Crippen LogP contribution in [0.1, 0.15) is 10.4 Å². The molecule has 0 aliphatic carbocycles. The van der Waals surface area contributed by atoms with E-state index in [0.29, 0.717) is 11.3 Å². The predicted molar refractivity (Wildman–Crippen MR) is 58.7 cm³/mol. The maximum atomic E-state index is 11.6. The van der Waals surface area contributed by atoms with E-state index in [2.05, 4.69) is 6.58 Å². The molecule has 0 fully saturated rings. The number of hydrogen-bond acceptors (Lipinski definition) is 2. The number of benzene rings is 1. The summed E-state index contributed by atoms with van der Waals surface area (Å²) in [5.74, 6) is 0.600. The van der Waals surface area contributed by atoms with Crippen LogP contribution in [0.15, 0.2) is 59.7 Å². The summed E-state index contributed by atoms with van der Waals surface area (Å²) < 4.78 is 5.27. The third-order valence-electron chi connectivity index (χ3n) is 2.16. The molecule has 2 nitrogen and oxygen atoms in total. The van der Waals surface area contributed by atoms with Crippen molar-refractivity contribution in [3.63, 3.8) is 0 Å². The molecule has 0 saturated heterocycles. The van der Waals surface area contributed by atoms with Crippen molar-refractivity contribution in [2.24, 2.45) is 0 Å². The first-order valence-electron chi connectivity index (χ1n) is 4.62. The molecule has 0 unspecified atom stereocenters. The van der Waals surface area contributed by atoms with E-state index in [0.717, 1.165) is 5.56 Å². The van der Waals surface area contributed by atoms with Gasteiger partial charge in [-0.15, -0.1) is 0 Å². The van der Waals surface area contributed by atoms with Crippen molar-refractivity contribution in [2.75, 3.05) is 0 Å². The van der Waals surface area contributed by atoms with Gasteiger partial charge in [-0.1, -0.05) is 30.8 Å². The maximum absolute atomic E-state index is 11.6. The zero-order chi connectivity index (χ0) is 10.7. The molecule has 74 valence electrons. The van der Waals surface area contributed by atoms with Gasteiger partial charge in [0.1, 0.15) is 5.76 Å². The molecule has 0 bridgehead atoms. The highest BCUT2D eigenvalue weighted by molar-refractivity contribution is 6.08. The van der Waals surface area contributed by atoms with Gasteiger partial charge in [0, 0.05) is 11.1 Å². The second kappa shape index (κ2) is 3.96. The van der Waals surface area contributed by atoms with Crippen LogP contribution < -0.4 is 0 Å². The van der Waals surface area contributed by atoms with Crippen molar-refractivity contribution in [1.82, 2.24) is 0 Å². The molecule has 0 N–H and O–H groups in total. The number of allylic oxidation sites excluding steroid dienone is 1. The summed E-state index contributed by atoms with van der Waals surface area (Å²) in [6.45, 7) is 3.48. The quantitative estimate of drug-likeness (QED) is 0.559. The van der Waals surface area contributed by atoms with E-state index in [-0.39, 0.29) is 5.78 Å². The lowest BCUT2D eigenvalue weighted by Crippen LogP contribution is -1.96. The van der Waals surface area contributed by atoms with Gasteiger partial charge in [0.05, 0.1) is 6.26 Å². The summed E-state index contributed by atoms with van der Waals surface area (Å²) >= 11 is 0. The van der Waals surface area contributed by atoms with Gasteiger partial charge in [-0.25, -0.2) is 0 Å². The fourth-order valence-electron chi connectivity index (χ4n) is 1.45. The van der Waals surface area contributed by atoms with Crippen LogP contribution >= 0.6 is 0 Å². The zero-order valence-electron chi connectivity index (χ0n) is 8.14. The van der Waals surface area contributed by atoms with Gasteiger partial charge < -0.3 is 4.42 Å². The Hall–Kier alpha value is -2.09. The van der Waals surface area contributed by atoms with Crippen LogP contribution in [-0.2, 0) is 0 Å². The van der Waals surface area contributed by atoms with E-state index in [1.54, 1.807) is 18.4 Å². The van der Waals surface area contributed by atoms with Crippen molar-refractivity contribution in [2.45, 2.75) is 0 Å². The smallest absolute Gasteiger partial charge is 0.185 e. The Morgan fingerprint density at radius 3 is 2.67 bits per heavy atom. The Morgan fingerprint density at radius 1 is 1.20 bits per heavy atom. The standard InChI is InChI=1S/C13H10O2/c1-2-12(14)10-6-3-4-7-11(10)13-8-5-9-15-13/h2-9H,1H2. The van der Waals surface area contributed by atoms with Crippen molar-refractivity contribution >= 4 is 5.78 Å². The molecule has 1 heterocycles. The average molecular weight is 198 g/mol. The number of carbonyl (C=O) groups is 1. The highest BCUT2D eigenvalue weighted by Crippen LogP contribution is 2.24. The van der Waals surface area contributed by atoms with Crippen LogP contribution in [0.5, 0.6) is 0 Å². The highest BCUT2D eigenvalue weighted by Gasteiger charge is 2.10. The molecule has 0 radical (unpaired) electrons. The van der Waals surface area contributed by atoms with Crippen molar-refractivity contribution < 1.29 is 9.21 Å². The minimum absolute atomic E-state index is 0.0954. The van der Waals surface area contributed by atoms with Gasteiger partial charge in [-0.2, -0.15) is 0 Å². The molecule has 2 aromatic rings. The van der Waals surface area contributed by atoms with Gasteiger partial charge in [0.25, 0.3) is 0 Å². The molecule has 0 spiro atoms. The van der Waals surface area contributed by atoms with Gasteiger partial charge in [-0.3, -0.25) is 4.79 Å². The molecule has 15 heavy (non-hydrogen) atoms. The summed E-state index contributed by atoms with van der Waals surface area (Å²) in [4.78, 5) is 11.6. The number of rotatable bonds is 3. The first-order valence-corrected chi connectivity index (χ1v) is 4.62. The molecule has 0 aliphatic rings. The summed E-state index contributed by atoms with van der Waals surface area (Å²) in [6.07, 6.45) is 2.90. The van der Waals surface area contributed by atoms with Crippen molar-refractivity contribution in [1.29, 1.82) is 0 Å². The van der Waals surface area contributed by atoms with Gasteiger partial charge in [-0.05, 0) is 18.2 Å². The lowest BCUT2D eigenvalue weighted by molar-refractivity contribution is 0.104. The SMILES string of the molecule is C=CC(=O)c1ccccc1-c1ccco1. The Bertz CT molecular complexity index is 481. The Balaban J connectivity index is 2.57. The number of ketones is 1. The molecule has 0 aliphatic heterocycles. The molecule has 1 aromatic carbocycles. The Kier molecular flexibility index (Phi) is 2.50. The minimum atomic E-state index is -0.0954. The molecule has 0 saturated carbocycles. The van der Waals surface area contributed by atoms with E-state index in [1.165, 1.54) is 6.08 Å². The van der Waals surface area contributed by atoms with Crippen LogP contribution in [0.4, 0.5) is 0 Å². The topological polar surface area (TPSA) is 30.2 Å². The van der Waals surface area contributed by atoms with Gasteiger partial charge in [0.2, 0.25) is 0 Å². The largest absolute Gasteiger partial charge is 0.464 e. The maximum Gasteiger partial charge on any atom is 0.185 e. The Morgan fingerprint density at radius 2 is 2.00 bits per heavy atom. The fourth-order valence-corrected chi connectivity index (χ4v) is 1.45. The third-order valence-corrected chi connectivity index (χ3v) is 2.16. The number of furan rings is 1. The summed E-state index contributed by atoms with van der Waals surface area (Å²) in [5, 5.41) is 0. The van der Waals surface area contributed by atoms with Crippen LogP contribution in [0.3, 0.4) is 0 Å². The molecule has 2 rings (SSSR count). The minimum Gasteiger partial charge on any atom is -0.464 e. The van der Waals surface area contributed by atoms with E-state index in [1.807, 2.05) is 24.3 Å². The summed E-state index contributed by atoms with van der Waals surface area (Å²) in [7, 11) is 0. The van der Waals surface area contributed by atoms with Gasteiger partial charge >= 0.3 is 0 Å². The third kappa shape index (κ3) is 1.74. The summed E-state index contributed by atoms with van der Waals surface area (Å²) in [6, 6.07) is 10.9. The molecule has 0 atom stereocenters. The van der Waals surface area contributed by atoms with E-state index in [9.17, 15) is 4.79 Å². The highest BCUT2D eigenvalue weighted by atomic mass is 16.3. The van der Waals surface area contributed by atoms with Crippen molar-refractivity contribution in [3.8, 4) is 11.3 Å². The molecular formula is C13H10O2. The van der Waals surface area contributed by atoms with E-state index in [4.69, 9.17) is 4.42 Å². The van der Waals surface area contributed by atoms with Crippen LogP contribution in [0.25, 0.3) is 11.3 Å². The molecule has 2 heteroatoms. The molecule has 0 amide bonds. The fraction of sp³-hybridized carbons (Fsp3) is 0. The van der Waals surface area contributed by atoms with Crippen LogP contribution in [0, 0.1) is 0 Å². The normalized spacial score (nSPS) is 9.87. The average Bonchev–Trinajstić information content (AvgIpc) is 2.81. The number of hydrogen-bond donors (Lipinski definition) is 0. The first-order chi connectivity index (χ1) is 7.33. The number of carbonyl (C=O) groups excluding carboxylic acids is 1. The Labute approximate surface area is 87.8 Å². The molecular weight excluding hydrogens is 188 g/mol. The van der Waals surface area contributed by atoms with E-state index < -0.39 is 0 Å². The zero-order valence-corrected chi connectivity index (χ0v) is 8.14.